The molecule has 3 aromatic rings. The molecule has 0 radical (unpaired) electrons. The van der Waals surface area contributed by atoms with Gasteiger partial charge in [-0.2, -0.15) is 0 Å². The minimum atomic E-state index is -0.154. The Morgan fingerprint density at radius 1 is 0.862 bits per heavy atom. The lowest BCUT2D eigenvalue weighted by Crippen LogP contribution is -2.38. The topological polar surface area (TPSA) is 52.6 Å². The van der Waals surface area contributed by atoms with Crippen molar-refractivity contribution in [2.75, 3.05) is 32.6 Å². The summed E-state index contributed by atoms with van der Waals surface area (Å²) in [6, 6.07) is 22.0. The zero-order chi connectivity index (χ0) is 20.8. The first-order valence-corrected chi connectivity index (χ1v) is 9.67. The summed E-state index contributed by atoms with van der Waals surface area (Å²) in [6.45, 7) is 0.502. The average Bonchev–Trinajstić information content (AvgIpc) is 2.72. The zero-order valence-electron chi connectivity index (χ0n) is 17.2. The highest BCUT2D eigenvalue weighted by Crippen LogP contribution is 2.19. The molecule has 2 amide bonds. The fraction of sp³-hybridized carbons (Fsp3) is 0.250. The lowest BCUT2D eigenvalue weighted by molar-refractivity contribution is -0.132. The molecule has 0 atom stereocenters. The number of likely N-dealkylation sites (N-methyl/N-ethyl adjacent to an activating group) is 1. The van der Waals surface area contributed by atoms with Crippen molar-refractivity contribution in [2.45, 2.75) is 13.0 Å². The quantitative estimate of drug-likeness (QED) is 0.675. The van der Waals surface area contributed by atoms with Crippen LogP contribution < -0.4 is 10.2 Å². The molecule has 1 N–H and O–H groups in total. The number of carbonyl (C=O) groups is 2. The van der Waals surface area contributed by atoms with Gasteiger partial charge in [0.1, 0.15) is 0 Å². The Labute approximate surface area is 171 Å². The molecule has 0 saturated carbocycles. The molecule has 0 aliphatic heterocycles. The monoisotopic (exact) mass is 389 g/mol. The lowest BCUT2D eigenvalue weighted by Gasteiger charge is -2.19. The minimum Gasteiger partial charge on any atom is -0.378 e. The van der Waals surface area contributed by atoms with E-state index in [0.29, 0.717) is 6.54 Å². The highest BCUT2D eigenvalue weighted by Gasteiger charge is 2.12. The molecule has 0 spiro atoms. The number of carbonyl (C=O) groups excluding carboxylic acids is 2. The number of nitrogens with one attached hydrogen (secondary N) is 1. The Balaban J connectivity index is 1.52. The predicted molar refractivity (Wildman–Crippen MR) is 118 cm³/mol. The van der Waals surface area contributed by atoms with Gasteiger partial charge in [-0.1, -0.05) is 54.6 Å². The maximum absolute atomic E-state index is 12.4. The van der Waals surface area contributed by atoms with Crippen LogP contribution in [0.25, 0.3) is 10.8 Å². The fourth-order valence-electron chi connectivity index (χ4n) is 3.25. The van der Waals surface area contributed by atoms with Crippen LogP contribution in [0, 0.1) is 0 Å². The Bertz CT molecular complexity index is 991. The molecular weight excluding hydrogens is 362 g/mol. The van der Waals surface area contributed by atoms with E-state index in [1.165, 1.54) is 0 Å². The minimum absolute atomic E-state index is 0.00409. The van der Waals surface area contributed by atoms with E-state index in [9.17, 15) is 9.59 Å². The molecule has 0 aliphatic rings. The maximum atomic E-state index is 12.4. The highest BCUT2D eigenvalue weighted by molar-refractivity contribution is 5.91. The van der Waals surface area contributed by atoms with Crippen LogP contribution >= 0.6 is 0 Å². The molecule has 0 heterocycles. The van der Waals surface area contributed by atoms with Crippen LogP contribution in [-0.2, 0) is 22.6 Å². The summed E-state index contributed by atoms with van der Waals surface area (Å²) in [5.74, 6) is -0.272. The third kappa shape index (κ3) is 5.35. The molecule has 0 saturated heterocycles. The summed E-state index contributed by atoms with van der Waals surface area (Å²) >= 11 is 0. The van der Waals surface area contributed by atoms with Crippen LogP contribution in [0.4, 0.5) is 5.69 Å². The first-order chi connectivity index (χ1) is 13.9. The van der Waals surface area contributed by atoms with E-state index in [1.807, 2.05) is 85.7 Å². The third-order valence-electron chi connectivity index (χ3n) is 4.97. The van der Waals surface area contributed by atoms with Crippen molar-refractivity contribution in [3.8, 4) is 0 Å². The summed E-state index contributed by atoms with van der Waals surface area (Å²) in [4.78, 5) is 28.4. The van der Waals surface area contributed by atoms with Gasteiger partial charge in [-0.3, -0.25) is 9.59 Å². The van der Waals surface area contributed by atoms with Crippen LogP contribution in [0.3, 0.4) is 0 Å². The summed E-state index contributed by atoms with van der Waals surface area (Å²) in [6.07, 6.45) is 0.254. The van der Waals surface area contributed by atoms with Gasteiger partial charge in [-0.25, -0.2) is 0 Å². The largest absolute Gasteiger partial charge is 0.378 e. The number of hydrogen-bond donors (Lipinski definition) is 1. The molecule has 5 heteroatoms. The summed E-state index contributed by atoms with van der Waals surface area (Å²) in [5.41, 5.74) is 3.12. The Kier molecular flexibility index (Phi) is 6.50. The Hall–Kier alpha value is -3.34. The van der Waals surface area contributed by atoms with Crippen molar-refractivity contribution in [2.24, 2.45) is 0 Å². The zero-order valence-corrected chi connectivity index (χ0v) is 17.2. The van der Waals surface area contributed by atoms with Crippen molar-refractivity contribution in [1.82, 2.24) is 10.2 Å². The van der Waals surface area contributed by atoms with E-state index in [4.69, 9.17) is 0 Å². The van der Waals surface area contributed by atoms with Crippen LogP contribution in [0.1, 0.15) is 11.1 Å². The van der Waals surface area contributed by atoms with Gasteiger partial charge in [0.2, 0.25) is 11.8 Å². The van der Waals surface area contributed by atoms with Crippen molar-refractivity contribution in [3.05, 3.63) is 77.9 Å². The average molecular weight is 389 g/mol. The van der Waals surface area contributed by atoms with E-state index in [1.54, 1.807) is 11.9 Å². The second-order valence-corrected chi connectivity index (χ2v) is 7.40. The highest BCUT2D eigenvalue weighted by atomic mass is 16.2. The standard InChI is InChI=1S/C24H27N3O2/c1-26(2)21-13-11-18(12-14-21)17-27(3)24(29)16-25-23(28)15-20-9-6-8-19-7-4-5-10-22(19)20/h4-14H,15-17H2,1-3H3,(H,25,28). The number of amides is 2. The van der Waals surface area contributed by atoms with E-state index in [0.717, 1.165) is 27.6 Å². The number of fused-ring (bicyclic) bond motifs is 1. The van der Waals surface area contributed by atoms with E-state index < -0.39 is 0 Å². The molecule has 0 aliphatic carbocycles. The van der Waals surface area contributed by atoms with Crippen molar-refractivity contribution in [3.63, 3.8) is 0 Å². The summed E-state index contributed by atoms with van der Waals surface area (Å²) in [7, 11) is 5.73. The molecule has 29 heavy (non-hydrogen) atoms. The number of benzene rings is 3. The van der Waals surface area contributed by atoms with Crippen molar-refractivity contribution < 1.29 is 9.59 Å². The molecule has 3 aromatic carbocycles. The molecule has 0 aromatic heterocycles. The van der Waals surface area contributed by atoms with Crippen LogP contribution in [-0.4, -0.2) is 44.4 Å². The molecular formula is C24H27N3O2. The van der Waals surface area contributed by atoms with Crippen LogP contribution in [0.15, 0.2) is 66.7 Å². The number of hydrogen-bond acceptors (Lipinski definition) is 3. The van der Waals surface area contributed by atoms with Gasteiger partial charge < -0.3 is 15.1 Å². The van der Waals surface area contributed by atoms with E-state index in [-0.39, 0.29) is 24.8 Å². The second kappa shape index (κ2) is 9.24. The van der Waals surface area contributed by atoms with Gasteiger partial charge in [0.25, 0.3) is 0 Å². The normalized spacial score (nSPS) is 10.6. The first-order valence-electron chi connectivity index (χ1n) is 9.67. The fourth-order valence-corrected chi connectivity index (χ4v) is 3.25. The van der Waals surface area contributed by atoms with Crippen molar-refractivity contribution in [1.29, 1.82) is 0 Å². The molecule has 0 unspecified atom stereocenters. The second-order valence-electron chi connectivity index (χ2n) is 7.40. The summed E-state index contributed by atoms with van der Waals surface area (Å²) in [5, 5.41) is 4.92. The molecule has 3 rings (SSSR count). The first kappa shape index (κ1) is 20.4. The third-order valence-corrected chi connectivity index (χ3v) is 4.97. The molecule has 150 valence electrons. The number of nitrogens with zero attached hydrogens (tertiary/aromatic N) is 2. The number of rotatable bonds is 7. The van der Waals surface area contributed by atoms with E-state index >= 15 is 0 Å². The van der Waals surface area contributed by atoms with Gasteiger partial charge in [-0.05, 0) is 34.0 Å². The predicted octanol–water partition coefficient (Wildman–Crippen LogP) is 3.22. The smallest absolute Gasteiger partial charge is 0.242 e. The SMILES string of the molecule is CN(Cc1ccc(N(C)C)cc1)C(=O)CNC(=O)Cc1cccc2ccccc12. The lowest BCUT2D eigenvalue weighted by atomic mass is 10.0. The van der Waals surface area contributed by atoms with Crippen LogP contribution in [0.5, 0.6) is 0 Å². The maximum Gasteiger partial charge on any atom is 0.242 e. The molecule has 0 fully saturated rings. The van der Waals surface area contributed by atoms with Crippen molar-refractivity contribution >= 4 is 28.3 Å². The molecule has 5 nitrogen and oxygen atoms in total. The van der Waals surface area contributed by atoms with E-state index in [2.05, 4.69) is 5.32 Å². The number of anilines is 1. The van der Waals surface area contributed by atoms with Gasteiger partial charge in [0.05, 0.1) is 13.0 Å². The summed E-state index contributed by atoms with van der Waals surface area (Å²) < 4.78 is 0. The molecule has 0 bridgehead atoms. The van der Waals surface area contributed by atoms with Gasteiger partial charge in [-0.15, -0.1) is 0 Å². The van der Waals surface area contributed by atoms with Gasteiger partial charge in [0.15, 0.2) is 0 Å². The van der Waals surface area contributed by atoms with Gasteiger partial charge in [0, 0.05) is 33.4 Å². The Morgan fingerprint density at radius 2 is 1.55 bits per heavy atom. The van der Waals surface area contributed by atoms with Gasteiger partial charge >= 0.3 is 0 Å². The Morgan fingerprint density at radius 3 is 2.28 bits per heavy atom. The van der Waals surface area contributed by atoms with Crippen LogP contribution in [0.2, 0.25) is 0 Å².